The standard InChI is InChI=1S/C17H16ClN3O4S2/c1-24-13-7-14(25-2)12(6-11(13)18)20-15(22)9-26-8-10-5-16(23)21-3-4-27-17(21)19-10/h3-7H,8-9H2,1-2H3,(H,20,22). The Hall–Kier alpha value is -2.23. The number of ether oxygens (including phenoxy) is 2. The van der Waals surface area contributed by atoms with Gasteiger partial charge in [0.1, 0.15) is 11.5 Å². The third-order valence-corrected chi connectivity index (χ3v) is 5.61. The molecule has 0 saturated carbocycles. The Bertz CT molecular complexity index is 1030. The van der Waals surface area contributed by atoms with Gasteiger partial charge in [-0.05, 0) is 6.07 Å². The fourth-order valence-corrected chi connectivity index (χ4v) is 4.05. The Balaban J connectivity index is 1.61. The second-order valence-electron chi connectivity index (χ2n) is 5.37. The van der Waals surface area contributed by atoms with E-state index in [1.807, 2.05) is 5.38 Å². The molecule has 2 aromatic heterocycles. The lowest BCUT2D eigenvalue weighted by molar-refractivity contribution is -0.113. The van der Waals surface area contributed by atoms with E-state index in [4.69, 9.17) is 21.1 Å². The molecule has 0 aliphatic carbocycles. The van der Waals surface area contributed by atoms with Crippen LogP contribution < -0.4 is 20.3 Å². The van der Waals surface area contributed by atoms with Crippen molar-refractivity contribution >= 4 is 51.3 Å². The summed E-state index contributed by atoms with van der Waals surface area (Å²) in [4.78, 5) is 29.2. The number of fused-ring (bicyclic) bond motifs is 1. The van der Waals surface area contributed by atoms with E-state index < -0.39 is 0 Å². The molecule has 0 fully saturated rings. The van der Waals surface area contributed by atoms with Gasteiger partial charge < -0.3 is 14.8 Å². The molecule has 3 aromatic rings. The molecule has 1 N–H and O–H groups in total. The van der Waals surface area contributed by atoms with E-state index in [1.54, 1.807) is 18.3 Å². The van der Waals surface area contributed by atoms with Crippen LogP contribution in [0.5, 0.6) is 11.5 Å². The zero-order valence-electron chi connectivity index (χ0n) is 14.5. The average molecular weight is 426 g/mol. The molecular weight excluding hydrogens is 410 g/mol. The number of nitrogens with zero attached hydrogens (tertiary/aromatic N) is 2. The van der Waals surface area contributed by atoms with Crippen molar-refractivity contribution in [2.45, 2.75) is 5.75 Å². The van der Waals surface area contributed by atoms with Gasteiger partial charge in [0.2, 0.25) is 5.91 Å². The second-order valence-corrected chi connectivity index (χ2v) is 7.64. The Morgan fingerprint density at radius 1 is 1.30 bits per heavy atom. The van der Waals surface area contributed by atoms with Crippen molar-refractivity contribution in [3.8, 4) is 11.5 Å². The van der Waals surface area contributed by atoms with Gasteiger partial charge in [0.25, 0.3) is 5.56 Å². The van der Waals surface area contributed by atoms with E-state index >= 15 is 0 Å². The van der Waals surface area contributed by atoms with Crippen LogP contribution in [-0.4, -0.2) is 35.3 Å². The maximum Gasteiger partial charge on any atom is 0.258 e. The highest BCUT2D eigenvalue weighted by molar-refractivity contribution is 7.99. The van der Waals surface area contributed by atoms with Crippen LogP contribution in [0.1, 0.15) is 5.69 Å². The first-order chi connectivity index (χ1) is 13.0. The number of aromatic nitrogens is 2. The van der Waals surface area contributed by atoms with E-state index in [0.29, 0.717) is 38.6 Å². The lowest BCUT2D eigenvalue weighted by Crippen LogP contribution is -2.16. The maximum absolute atomic E-state index is 12.2. The normalized spacial score (nSPS) is 10.8. The van der Waals surface area contributed by atoms with Gasteiger partial charge in [0, 0.05) is 29.5 Å². The number of hydrogen-bond acceptors (Lipinski definition) is 7. The summed E-state index contributed by atoms with van der Waals surface area (Å²) in [5.74, 6) is 1.35. The van der Waals surface area contributed by atoms with Crippen molar-refractivity contribution in [2.75, 3.05) is 25.3 Å². The van der Waals surface area contributed by atoms with Crippen LogP contribution in [0, 0.1) is 0 Å². The van der Waals surface area contributed by atoms with Gasteiger partial charge in [-0.15, -0.1) is 23.1 Å². The third-order valence-electron chi connectivity index (χ3n) is 3.59. The minimum Gasteiger partial charge on any atom is -0.495 e. The smallest absolute Gasteiger partial charge is 0.258 e. The van der Waals surface area contributed by atoms with Gasteiger partial charge in [-0.25, -0.2) is 4.98 Å². The molecule has 0 atom stereocenters. The molecule has 0 saturated heterocycles. The topological polar surface area (TPSA) is 81.9 Å². The molecule has 3 rings (SSSR count). The average Bonchev–Trinajstić information content (AvgIpc) is 3.11. The van der Waals surface area contributed by atoms with Gasteiger partial charge in [-0.1, -0.05) is 11.6 Å². The molecule has 10 heteroatoms. The zero-order valence-corrected chi connectivity index (χ0v) is 16.9. The number of thioether (sulfide) groups is 1. The highest BCUT2D eigenvalue weighted by Crippen LogP contribution is 2.35. The number of carbonyl (C=O) groups is 1. The van der Waals surface area contributed by atoms with Crippen LogP contribution in [0.2, 0.25) is 5.02 Å². The first kappa shape index (κ1) is 19.5. The van der Waals surface area contributed by atoms with Crippen LogP contribution >= 0.6 is 34.7 Å². The van der Waals surface area contributed by atoms with E-state index in [2.05, 4.69) is 10.3 Å². The van der Waals surface area contributed by atoms with Crippen molar-refractivity contribution in [1.82, 2.24) is 9.38 Å². The number of methoxy groups -OCH3 is 2. The molecular formula is C17H16ClN3O4S2. The number of carbonyl (C=O) groups excluding carboxylic acids is 1. The monoisotopic (exact) mass is 425 g/mol. The summed E-state index contributed by atoms with van der Waals surface area (Å²) < 4.78 is 11.9. The summed E-state index contributed by atoms with van der Waals surface area (Å²) in [7, 11) is 3.00. The predicted octanol–water partition coefficient (Wildman–Crippen LogP) is 3.30. The van der Waals surface area contributed by atoms with Crippen molar-refractivity contribution in [1.29, 1.82) is 0 Å². The molecule has 1 aromatic carbocycles. The Kier molecular flexibility index (Phi) is 6.25. The molecule has 0 spiro atoms. The molecule has 2 heterocycles. The summed E-state index contributed by atoms with van der Waals surface area (Å²) in [6.07, 6.45) is 1.69. The second kappa shape index (κ2) is 8.64. The van der Waals surface area contributed by atoms with Gasteiger partial charge in [0.15, 0.2) is 4.96 Å². The van der Waals surface area contributed by atoms with Crippen LogP contribution in [-0.2, 0) is 10.5 Å². The number of amides is 1. The summed E-state index contributed by atoms with van der Waals surface area (Å²) in [6, 6.07) is 4.67. The molecule has 0 bridgehead atoms. The predicted molar refractivity (Wildman–Crippen MR) is 109 cm³/mol. The first-order valence-corrected chi connectivity index (χ1v) is 10.2. The number of rotatable bonds is 7. The van der Waals surface area contributed by atoms with Crippen LogP contribution in [0.25, 0.3) is 4.96 Å². The van der Waals surface area contributed by atoms with Crippen molar-refractivity contribution in [3.63, 3.8) is 0 Å². The minimum absolute atomic E-state index is 0.126. The van der Waals surface area contributed by atoms with Crippen molar-refractivity contribution in [3.05, 3.63) is 50.8 Å². The van der Waals surface area contributed by atoms with E-state index in [9.17, 15) is 9.59 Å². The number of halogens is 1. The minimum atomic E-state index is -0.214. The van der Waals surface area contributed by atoms with Crippen LogP contribution in [0.4, 0.5) is 5.69 Å². The summed E-state index contributed by atoms with van der Waals surface area (Å²) in [6.45, 7) is 0. The van der Waals surface area contributed by atoms with Crippen molar-refractivity contribution < 1.29 is 14.3 Å². The maximum atomic E-state index is 12.2. The van der Waals surface area contributed by atoms with Gasteiger partial charge >= 0.3 is 0 Å². The third kappa shape index (κ3) is 4.55. The largest absolute Gasteiger partial charge is 0.495 e. The number of nitrogens with one attached hydrogen (secondary N) is 1. The lowest BCUT2D eigenvalue weighted by Gasteiger charge is -2.13. The SMILES string of the molecule is COc1cc(OC)c(NC(=O)CSCc2cc(=O)n3ccsc3n2)cc1Cl. The molecule has 142 valence electrons. The number of hydrogen-bond donors (Lipinski definition) is 1. The quantitative estimate of drug-likeness (QED) is 0.625. The van der Waals surface area contributed by atoms with Crippen LogP contribution in [0.15, 0.2) is 34.6 Å². The fourth-order valence-electron chi connectivity index (χ4n) is 2.35. The van der Waals surface area contributed by atoms with E-state index in [-0.39, 0.29) is 17.2 Å². The van der Waals surface area contributed by atoms with E-state index in [1.165, 1.54) is 47.8 Å². The molecule has 7 nitrogen and oxygen atoms in total. The Morgan fingerprint density at radius 3 is 2.81 bits per heavy atom. The molecule has 0 unspecified atom stereocenters. The Labute approximate surface area is 168 Å². The number of anilines is 1. The van der Waals surface area contributed by atoms with Gasteiger partial charge in [-0.2, -0.15) is 0 Å². The number of thiazole rings is 1. The molecule has 1 amide bonds. The molecule has 0 aliphatic heterocycles. The number of benzene rings is 1. The highest BCUT2D eigenvalue weighted by Gasteiger charge is 2.13. The fraction of sp³-hybridized carbons (Fsp3) is 0.235. The van der Waals surface area contributed by atoms with E-state index in [0.717, 1.165) is 0 Å². The van der Waals surface area contributed by atoms with Crippen LogP contribution in [0.3, 0.4) is 0 Å². The highest BCUT2D eigenvalue weighted by atomic mass is 35.5. The Morgan fingerprint density at radius 2 is 2.07 bits per heavy atom. The molecule has 27 heavy (non-hydrogen) atoms. The summed E-state index contributed by atoms with van der Waals surface area (Å²) in [5.41, 5.74) is 0.981. The lowest BCUT2D eigenvalue weighted by atomic mass is 10.2. The van der Waals surface area contributed by atoms with Gasteiger partial charge in [-0.3, -0.25) is 14.0 Å². The van der Waals surface area contributed by atoms with Crippen molar-refractivity contribution in [2.24, 2.45) is 0 Å². The summed E-state index contributed by atoms with van der Waals surface area (Å²) >= 11 is 8.86. The summed E-state index contributed by atoms with van der Waals surface area (Å²) in [5, 5.41) is 4.95. The first-order valence-electron chi connectivity index (χ1n) is 7.76. The van der Waals surface area contributed by atoms with Gasteiger partial charge in [0.05, 0.1) is 36.4 Å². The molecule has 0 aliphatic rings. The zero-order chi connectivity index (χ0) is 19.4. The molecule has 0 radical (unpaired) electrons.